The molecular weight excluding hydrogens is 232 g/mol. The minimum atomic E-state index is 0.233. The van der Waals surface area contributed by atoms with Gasteiger partial charge in [-0.2, -0.15) is 0 Å². The van der Waals surface area contributed by atoms with Crippen LogP contribution in [0, 0.1) is 5.92 Å². The molecule has 0 saturated carbocycles. The van der Waals surface area contributed by atoms with Crippen LogP contribution in [-0.4, -0.2) is 35.6 Å². The fraction of sp³-hybridized carbons (Fsp3) is 1.00. The van der Waals surface area contributed by atoms with Crippen molar-refractivity contribution >= 4 is 0 Å². The predicted octanol–water partition coefficient (Wildman–Crippen LogP) is 4.05. The molecule has 1 heterocycles. The molecule has 3 atom stereocenters. The van der Waals surface area contributed by atoms with Crippen LogP contribution in [0.4, 0.5) is 0 Å². The van der Waals surface area contributed by atoms with Gasteiger partial charge in [-0.25, -0.2) is 0 Å². The molecule has 0 aromatic heterocycles. The van der Waals surface area contributed by atoms with Gasteiger partial charge < -0.3 is 5.32 Å². The van der Waals surface area contributed by atoms with Crippen molar-refractivity contribution < 1.29 is 0 Å². The Morgan fingerprint density at radius 3 is 2.42 bits per heavy atom. The summed E-state index contributed by atoms with van der Waals surface area (Å²) < 4.78 is 0. The molecule has 1 aliphatic heterocycles. The second kappa shape index (κ2) is 7.64. The molecule has 2 heteroatoms. The van der Waals surface area contributed by atoms with Crippen molar-refractivity contribution in [2.24, 2.45) is 5.92 Å². The van der Waals surface area contributed by atoms with Gasteiger partial charge in [-0.1, -0.05) is 26.7 Å². The Labute approximate surface area is 121 Å². The van der Waals surface area contributed by atoms with Gasteiger partial charge in [0.1, 0.15) is 0 Å². The Morgan fingerprint density at radius 2 is 1.84 bits per heavy atom. The molecule has 1 fully saturated rings. The quantitative estimate of drug-likeness (QED) is 0.809. The highest BCUT2D eigenvalue weighted by atomic mass is 15.2. The third kappa shape index (κ3) is 5.83. The van der Waals surface area contributed by atoms with E-state index in [9.17, 15) is 0 Å². The molecular formula is C17H36N2. The molecule has 0 spiro atoms. The van der Waals surface area contributed by atoms with E-state index in [1.54, 1.807) is 0 Å². The Hall–Kier alpha value is -0.0800. The average molecular weight is 268 g/mol. The second-order valence-corrected chi connectivity index (χ2v) is 7.50. The van der Waals surface area contributed by atoms with Crippen molar-refractivity contribution in [3.63, 3.8) is 0 Å². The second-order valence-electron chi connectivity index (χ2n) is 7.50. The van der Waals surface area contributed by atoms with Crippen molar-refractivity contribution in [1.82, 2.24) is 10.2 Å². The van der Waals surface area contributed by atoms with Crippen LogP contribution in [0.3, 0.4) is 0 Å². The first-order valence-corrected chi connectivity index (χ1v) is 8.36. The van der Waals surface area contributed by atoms with Gasteiger partial charge >= 0.3 is 0 Å². The summed E-state index contributed by atoms with van der Waals surface area (Å²) >= 11 is 0. The van der Waals surface area contributed by atoms with E-state index in [0.29, 0.717) is 12.0 Å². The van der Waals surface area contributed by atoms with Crippen LogP contribution >= 0.6 is 0 Å². The number of nitrogens with zero attached hydrogens (tertiary/aromatic N) is 1. The molecule has 1 saturated heterocycles. The monoisotopic (exact) mass is 268 g/mol. The highest BCUT2D eigenvalue weighted by molar-refractivity contribution is 4.83. The third-order valence-electron chi connectivity index (χ3n) is 4.69. The molecule has 0 bridgehead atoms. The zero-order chi connectivity index (χ0) is 14.5. The maximum absolute atomic E-state index is 3.66. The first-order valence-electron chi connectivity index (χ1n) is 8.36. The van der Waals surface area contributed by atoms with E-state index in [2.05, 4.69) is 51.8 Å². The third-order valence-corrected chi connectivity index (χ3v) is 4.69. The summed E-state index contributed by atoms with van der Waals surface area (Å²) in [4.78, 5) is 2.79. The van der Waals surface area contributed by atoms with Crippen LogP contribution in [0.1, 0.15) is 73.6 Å². The molecule has 2 nitrogen and oxygen atoms in total. The van der Waals surface area contributed by atoms with Gasteiger partial charge in [-0.3, -0.25) is 4.90 Å². The van der Waals surface area contributed by atoms with Crippen molar-refractivity contribution in [2.75, 3.05) is 13.1 Å². The molecule has 0 amide bonds. The molecule has 3 unspecified atom stereocenters. The molecule has 0 aliphatic carbocycles. The minimum Gasteiger partial charge on any atom is -0.312 e. The van der Waals surface area contributed by atoms with Crippen LogP contribution in [0.5, 0.6) is 0 Å². The summed E-state index contributed by atoms with van der Waals surface area (Å²) in [7, 11) is 0. The highest BCUT2D eigenvalue weighted by Gasteiger charge is 2.27. The number of nitrogens with one attached hydrogen (secondary N) is 1. The Kier molecular flexibility index (Phi) is 6.82. The van der Waals surface area contributed by atoms with Gasteiger partial charge in [0.15, 0.2) is 0 Å². The lowest BCUT2D eigenvalue weighted by molar-refractivity contribution is 0.104. The number of rotatable bonds is 5. The van der Waals surface area contributed by atoms with Crippen LogP contribution in [0.25, 0.3) is 0 Å². The van der Waals surface area contributed by atoms with E-state index in [4.69, 9.17) is 0 Å². The minimum absolute atomic E-state index is 0.233. The summed E-state index contributed by atoms with van der Waals surface area (Å²) in [5.74, 6) is 0.714. The molecule has 19 heavy (non-hydrogen) atoms. The first kappa shape index (κ1) is 17.0. The SMILES string of the molecule is CCC1CCCCCN1C(C)C(C)CNC(C)(C)C. The molecule has 114 valence electrons. The number of likely N-dealkylation sites (tertiary alicyclic amines) is 1. The number of hydrogen-bond acceptors (Lipinski definition) is 2. The molecule has 0 aromatic carbocycles. The van der Waals surface area contributed by atoms with Gasteiger partial charge in [0.2, 0.25) is 0 Å². The van der Waals surface area contributed by atoms with Crippen molar-refractivity contribution in [3.8, 4) is 0 Å². The van der Waals surface area contributed by atoms with Gasteiger partial charge in [-0.05, 0) is 66.0 Å². The van der Waals surface area contributed by atoms with Crippen molar-refractivity contribution in [2.45, 2.75) is 91.3 Å². The highest BCUT2D eigenvalue weighted by Crippen LogP contribution is 2.24. The zero-order valence-electron chi connectivity index (χ0n) is 14.1. The van der Waals surface area contributed by atoms with Crippen molar-refractivity contribution in [1.29, 1.82) is 0 Å². The van der Waals surface area contributed by atoms with Gasteiger partial charge in [0.05, 0.1) is 0 Å². The van der Waals surface area contributed by atoms with E-state index in [1.165, 1.54) is 38.6 Å². The maximum Gasteiger partial charge on any atom is 0.0108 e. The fourth-order valence-electron chi connectivity index (χ4n) is 3.14. The molecule has 0 aromatic rings. The van der Waals surface area contributed by atoms with Crippen LogP contribution in [-0.2, 0) is 0 Å². The smallest absolute Gasteiger partial charge is 0.0108 e. The zero-order valence-corrected chi connectivity index (χ0v) is 14.1. The Morgan fingerprint density at radius 1 is 1.16 bits per heavy atom. The molecule has 1 N–H and O–H groups in total. The lowest BCUT2D eigenvalue weighted by Crippen LogP contribution is -2.48. The van der Waals surface area contributed by atoms with E-state index in [1.807, 2.05) is 0 Å². The average Bonchev–Trinajstić information content (AvgIpc) is 2.58. The van der Waals surface area contributed by atoms with Crippen LogP contribution in [0.2, 0.25) is 0 Å². The van der Waals surface area contributed by atoms with E-state index in [-0.39, 0.29) is 5.54 Å². The van der Waals surface area contributed by atoms with Crippen LogP contribution < -0.4 is 5.32 Å². The maximum atomic E-state index is 3.66. The molecule has 1 aliphatic rings. The van der Waals surface area contributed by atoms with E-state index < -0.39 is 0 Å². The molecule has 1 rings (SSSR count). The molecule has 0 radical (unpaired) electrons. The summed E-state index contributed by atoms with van der Waals surface area (Å²) in [6, 6.07) is 1.51. The summed E-state index contributed by atoms with van der Waals surface area (Å²) in [6.45, 7) is 16.4. The van der Waals surface area contributed by atoms with Crippen LogP contribution in [0.15, 0.2) is 0 Å². The lowest BCUT2D eigenvalue weighted by Gasteiger charge is -2.39. The normalized spacial score (nSPS) is 25.9. The van der Waals surface area contributed by atoms with E-state index >= 15 is 0 Å². The topological polar surface area (TPSA) is 15.3 Å². The first-order chi connectivity index (χ1) is 8.85. The summed E-state index contributed by atoms with van der Waals surface area (Å²) in [5, 5.41) is 3.66. The summed E-state index contributed by atoms with van der Waals surface area (Å²) in [5.41, 5.74) is 0.233. The van der Waals surface area contributed by atoms with E-state index in [0.717, 1.165) is 12.6 Å². The van der Waals surface area contributed by atoms with Crippen molar-refractivity contribution in [3.05, 3.63) is 0 Å². The summed E-state index contributed by atoms with van der Waals surface area (Å²) in [6.07, 6.45) is 6.95. The standard InChI is InChI=1S/C17H36N2/c1-7-16-11-9-8-10-12-19(16)15(3)14(2)13-18-17(4,5)6/h14-16,18H,7-13H2,1-6H3. The van der Waals surface area contributed by atoms with Gasteiger partial charge in [-0.15, -0.1) is 0 Å². The number of hydrogen-bond donors (Lipinski definition) is 1. The van der Waals surface area contributed by atoms with Gasteiger partial charge in [0.25, 0.3) is 0 Å². The fourth-order valence-corrected chi connectivity index (χ4v) is 3.14. The Bertz CT molecular complexity index is 244. The van der Waals surface area contributed by atoms with Gasteiger partial charge in [0, 0.05) is 17.6 Å². The Balaban J connectivity index is 2.54. The predicted molar refractivity (Wildman–Crippen MR) is 85.6 cm³/mol. The lowest BCUT2D eigenvalue weighted by atomic mass is 9.97. The largest absolute Gasteiger partial charge is 0.312 e.